The Balaban J connectivity index is 1.33. The summed E-state index contributed by atoms with van der Waals surface area (Å²) in [5, 5.41) is 3.43. The Morgan fingerprint density at radius 2 is 2.21 bits per heavy atom. The predicted octanol–water partition coefficient (Wildman–Crippen LogP) is 2.23. The third-order valence-electron chi connectivity index (χ3n) is 6.72. The van der Waals surface area contributed by atoms with E-state index in [9.17, 15) is 4.79 Å². The van der Waals surface area contributed by atoms with E-state index in [-0.39, 0.29) is 16.6 Å². The second-order valence-electron chi connectivity index (χ2n) is 7.88. The van der Waals surface area contributed by atoms with Gasteiger partial charge < -0.3 is 10.2 Å². The van der Waals surface area contributed by atoms with Gasteiger partial charge in [0.25, 0.3) is 0 Å². The van der Waals surface area contributed by atoms with E-state index in [2.05, 4.69) is 33.4 Å². The van der Waals surface area contributed by atoms with Gasteiger partial charge in [-0.05, 0) is 38.3 Å². The number of nitrogens with one attached hydrogen (secondary N) is 1. The van der Waals surface area contributed by atoms with E-state index in [1.54, 1.807) is 0 Å². The maximum atomic E-state index is 13.1. The quantitative estimate of drug-likeness (QED) is 0.782. The molecule has 1 aliphatic carbocycles. The zero-order valence-corrected chi connectivity index (χ0v) is 14.8. The summed E-state index contributed by atoms with van der Waals surface area (Å²) in [5.41, 5.74) is 1.28. The van der Waals surface area contributed by atoms with Crippen LogP contribution in [0.5, 0.6) is 0 Å². The highest BCUT2D eigenvalue weighted by Crippen LogP contribution is 2.53. The molecule has 5 aliphatic heterocycles. The molecule has 4 fully saturated rings. The van der Waals surface area contributed by atoms with Crippen LogP contribution in [0.25, 0.3) is 0 Å². The first kappa shape index (κ1) is 15.2. The Hall–Kier alpha value is -1.07. The molecule has 4 nitrogen and oxygen atoms in total. The lowest BCUT2D eigenvalue weighted by atomic mass is 9.73. The maximum Gasteiger partial charge on any atom is 0.224 e. The molecule has 1 amide bonds. The van der Waals surface area contributed by atoms with Crippen LogP contribution in [-0.2, 0) is 4.79 Å². The molecule has 0 aromatic heterocycles. The van der Waals surface area contributed by atoms with E-state index in [1.807, 2.05) is 18.0 Å². The minimum atomic E-state index is 0.0561. The Bertz CT molecular complexity index is 635. The third-order valence-corrected chi connectivity index (χ3v) is 8.44. The second kappa shape index (κ2) is 5.73. The maximum absolute atomic E-state index is 13.1. The summed E-state index contributed by atoms with van der Waals surface area (Å²) < 4.78 is 0.0561. The fourth-order valence-electron chi connectivity index (χ4n) is 5.31. The average Bonchev–Trinajstić information content (AvgIpc) is 3.01. The van der Waals surface area contributed by atoms with Crippen molar-refractivity contribution in [1.82, 2.24) is 10.2 Å². The molecule has 5 heteroatoms. The molecule has 0 aromatic rings. The van der Waals surface area contributed by atoms with Crippen molar-refractivity contribution >= 4 is 23.4 Å². The van der Waals surface area contributed by atoms with Crippen molar-refractivity contribution in [3.05, 3.63) is 24.4 Å². The summed E-state index contributed by atoms with van der Waals surface area (Å²) in [7, 11) is 0. The average molecular weight is 343 g/mol. The molecule has 1 spiro atoms. The third kappa shape index (κ3) is 2.24. The van der Waals surface area contributed by atoms with Crippen molar-refractivity contribution in [1.29, 1.82) is 0 Å². The highest BCUT2D eigenvalue weighted by molar-refractivity contribution is 8.01. The number of hydrogen-bond donors (Lipinski definition) is 1. The van der Waals surface area contributed by atoms with Crippen LogP contribution in [0, 0.1) is 17.8 Å². The van der Waals surface area contributed by atoms with Crippen LogP contribution in [0.2, 0.25) is 0 Å². The number of allylic oxidation sites excluding steroid dienone is 3. The van der Waals surface area contributed by atoms with Gasteiger partial charge in [0.15, 0.2) is 0 Å². The molecular formula is C19H25N3OS. The number of hydrogen-bond acceptors (Lipinski definition) is 4. The fourth-order valence-corrected chi connectivity index (χ4v) is 7.10. The highest BCUT2D eigenvalue weighted by Gasteiger charge is 2.54. The highest BCUT2D eigenvalue weighted by atomic mass is 32.2. The van der Waals surface area contributed by atoms with Gasteiger partial charge in [-0.1, -0.05) is 18.2 Å². The van der Waals surface area contributed by atoms with Crippen molar-refractivity contribution in [3.8, 4) is 0 Å². The minimum Gasteiger partial charge on any atom is -0.352 e. The molecule has 0 radical (unpaired) electrons. The first-order valence-corrected chi connectivity index (χ1v) is 10.3. The fraction of sp³-hybridized carbons (Fsp3) is 0.684. The van der Waals surface area contributed by atoms with Crippen molar-refractivity contribution in [2.45, 2.75) is 36.5 Å². The normalized spacial score (nSPS) is 45.5. The number of fused-ring (bicyclic) bond motifs is 3. The lowest BCUT2D eigenvalue weighted by molar-refractivity contribution is -0.127. The zero-order valence-electron chi connectivity index (χ0n) is 14.0. The summed E-state index contributed by atoms with van der Waals surface area (Å²) in [4.78, 5) is 20.2. The van der Waals surface area contributed by atoms with Crippen molar-refractivity contribution < 1.29 is 4.79 Å². The van der Waals surface area contributed by atoms with Gasteiger partial charge >= 0.3 is 0 Å². The van der Waals surface area contributed by atoms with Crippen molar-refractivity contribution in [3.63, 3.8) is 0 Å². The Labute approximate surface area is 147 Å². The number of rotatable bonds is 2. The summed E-state index contributed by atoms with van der Waals surface area (Å²) >= 11 is 1.97. The van der Waals surface area contributed by atoms with Crippen molar-refractivity contribution in [2.24, 2.45) is 22.7 Å². The van der Waals surface area contributed by atoms with Crippen LogP contribution in [0.15, 0.2) is 29.4 Å². The van der Waals surface area contributed by atoms with Gasteiger partial charge in [0, 0.05) is 42.6 Å². The van der Waals surface area contributed by atoms with Gasteiger partial charge in [-0.3, -0.25) is 9.79 Å². The number of carbonyl (C=O) groups is 1. The molecule has 4 unspecified atom stereocenters. The summed E-state index contributed by atoms with van der Waals surface area (Å²) in [6.45, 7) is 3.49. The van der Waals surface area contributed by atoms with Gasteiger partial charge in [0.2, 0.25) is 5.91 Å². The lowest BCUT2D eigenvalue weighted by Gasteiger charge is -2.45. The van der Waals surface area contributed by atoms with Crippen LogP contribution in [0.4, 0.5) is 0 Å². The number of piperidine rings is 3. The summed E-state index contributed by atoms with van der Waals surface area (Å²) in [6.07, 6.45) is 13.1. The largest absolute Gasteiger partial charge is 0.352 e. The van der Waals surface area contributed by atoms with Crippen LogP contribution in [0.1, 0.15) is 25.7 Å². The first-order chi connectivity index (χ1) is 11.8. The molecule has 6 aliphatic rings. The molecule has 24 heavy (non-hydrogen) atoms. The standard InChI is InChI=1S/C19H25N3OS/c23-18(21-16-11-22-9-5-13(16)6-10-22)14-12-24-19-7-2-1-3-17(19)20-8-4-15(14)19/h1-2,4,8,13-16H,3,5-7,9-12H2,(H,21,23). The summed E-state index contributed by atoms with van der Waals surface area (Å²) in [5.74, 6) is 2.30. The topological polar surface area (TPSA) is 44.7 Å². The minimum absolute atomic E-state index is 0.0561. The van der Waals surface area contributed by atoms with Gasteiger partial charge in [0.05, 0.1) is 10.7 Å². The number of thioether (sulfide) groups is 1. The Morgan fingerprint density at radius 3 is 3.00 bits per heavy atom. The van der Waals surface area contributed by atoms with Gasteiger partial charge in [-0.25, -0.2) is 0 Å². The smallest absolute Gasteiger partial charge is 0.224 e. The second-order valence-corrected chi connectivity index (χ2v) is 9.23. The van der Waals surface area contributed by atoms with Crippen LogP contribution < -0.4 is 5.32 Å². The van der Waals surface area contributed by atoms with Crippen LogP contribution in [-0.4, -0.2) is 52.7 Å². The zero-order chi connectivity index (χ0) is 16.1. The van der Waals surface area contributed by atoms with E-state index < -0.39 is 0 Å². The van der Waals surface area contributed by atoms with Crippen LogP contribution >= 0.6 is 11.8 Å². The predicted molar refractivity (Wildman–Crippen MR) is 98.2 cm³/mol. The molecule has 4 atom stereocenters. The van der Waals surface area contributed by atoms with E-state index in [1.165, 1.54) is 31.6 Å². The SMILES string of the molecule is O=C(NC1CN2CCC1CC2)C1CSC23CC=CCC2=NC=CC13. The molecule has 1 N–H and O–H groups in total. The molecule has 0 saturated carbocycles. The molecule has 4 saturated heterocycles. The van der Waals surface area contributed by atoms with Gasteiger partial charge in [-0.15, -0.1) is 11.8 Å². The Morgan fingerprint density at radius 1 is 1.33 bits per heavy atom. The van der Waals surface area contributed by atoms with E-state index >= 15 is 0 Å². The molecule has 0 aromatic carbocycles. The first-order valence-electron chi connectivity index (χ1n) is 9.32. The number of aliphatic imine (C=N–C) groups is 1. The van der Waals surface area contributed by atoms with E-state index in [0.717, 1.165) is 25.1 Å². The van der Waals surface area contributed by atoms with E-state index in [0.29, 0.717) is 17.9 Å². The van der Waals surface area contributed by atoms with Gasteiger partial charge in [0.1, 0.15) is 0 Å². The van der Waals surface area contributed by atoms with Crippen molar-refractivity contribution in [2.75, 3.05) is 25.4 Å². The van der Waals surface area contributed by atoms with Gasteiger partial charge in [-0.2, -0.15) is 0 Å². The molecule has 2 bridgehead atoms. The number of carbonyl (C=O) groups excluding carboxylic acids is 1. The molecular weight excluding hydrogens is 318 g/mol. The van der Waals surface area contributed by atoms with Crippen LogP contribution in [0.3, 0.4) is 0 Å². The monoisotopic (exact) mass is 343 g/mol. The lowest BCUT2D eigenvalue weighted by Crippen LogP contribution is -2.58. The number of nitrogens with zero attached hydrogens (tertiary/aromatic N) is 2. The molecule has 128 valence electrons. The molecule has 6 rings (SSSR count). The van der Waals surface area contributed by atoms with E-state index in [4.69, 9.17) is 0 Å². The molecule has 5 heterocycles. The Kier molecular flexibility index (Phi) is 3.63. The summed E-state index contributed by atoms with van der Waals surface area (Å²) in [6, 6.07) is 0.369. The number of amides is 1.